The topological polar surface area (TPSA) is 62.7 Å². The van der Waals surface area contributed by atoms with E-state index >= 15 is 0 Å². The Morgan fingerprint density at radius 3 is 2.52 bits per heavy atom. The molecule has 23 heavy (non-hydrogen) atoms. The summed E-state index contributed by atoms with van der Waals surface area (Å²) in [5.41, 5.74) is 1.10. The molecule has 0 spiro atoms. The maximum atomic E-state index is 11.0. The Balaban J connectivity index is 0.00000484. The molecule has 0 aliphatic carbocycles. The minimum Gasteiger partial charge on any atom is -0.469 e. The highest BCUT2D eigenvalue weighted by Crippen LogP contribution is 2.10. The molecule has 2 N–H and O–H groups in total. The number of methoxy groups -OCH3 is 1. The number of hydrogen-bond donors (Lipinski definition) is 2. The Morgan fingerprint density at radius 1 is 1.22 bits per heavy atom. The van der Waals surface area contributed by atoms with Crippen LogP contribution in [0.4, 0.5) is 0 Å². The zero-order valence-corrected chi connectivity index (χ0v) is 16.7. The lowest BCUT2D eigenvalue weighted by molar-refractivity contribution is -0.140. The van der Waals surface area contributed by atoms with E-state index < -0.39 is 0 Å². The molecule has 1 rings (SSSR count). The Bertz CT molecular complexity index is 481. The lowest BCUT2D eigenvalue weighted by atomic mass is 10.2. The van der Waals surface area contributed by atoms with E-state index in [4.69, 9.17) is 11.6 Å². The maximum absolute atomic E-state index is 11.0. The van der Waals surface area contributed by atoms with Gasteiger partial charge in [-0.3, -0.25) is 4.79 Å². The van der Waals surface area contributed by atoms with E-state index in [1.165, 1.54) is 7.11 Å². The summed E-state index contributed by atoms with van der Waals surface area (Å²) in [6.45, 7) is 4.18. The molecule has 0 amide bonds. The Morgan fingerprint density at radius 2 is 1.91 bits per heavy atom. The Hall–Kier alpha value is -1.02. The molecule has 0 saturated heterocycles. The van der Waals surface area contributed by atoms with Crippen LogP contribution >= 0.6 is 35.6 Å². The molecular weight excluding hydrogens is 429 g/mol. The van der Waals surface area contributed by atoms with E-state index in [0.29, 0.717) is 13.0 Å². The smallest absolute Gasteiger partial charge is 0.305 e. The Kier molecular flexibility index (Phi) is 12.8. The van der Waals surface area contributed by atoms with Crippen LogP contribution in [0.2, 0.25) is 5.02 Å². The van der Waals surface area contributed by atoms with Crippen LogP contribution in [0.1, 0.15) is 31.7 Å². The summed E-state index contributed by atoms with van der Waals surface area (Å²) >= 11 is 5.86. The van der Waals surface area contributed by atoms with Gasteiger partial charge in [-0.25, -0.2) is 4.99 Å². The van der Waals surface area contributed by atoms with Gasteiger partial charge in [0.15, 0.2) is 5.96 Å². The zero-order valence-electron chi connectivity index (χ0n) is 13.6. The zero-order chi connectivity index (χ0) is 16.2. The normalized spacial score (nSPS) is 10.7. The average Bonchev–Trinajstić information content (AvgIpc) is 2.53. The summed E-state index contributed by atoms with van der Waals surface area (Å²) in [5.74, 6) is 0.610. The van der Waals surface area contributed by atoms with Gasteiger partial charge in [0.25, 0.3) is 0 Å². The fourth-order valence-electron chi connectivity index (χ4n) is 1.81. The van der Waals surface area contributed by atoms with E-state index in [1.807, 2.05) is 31.2 Å². The second kappa shape index (κ2) is 13.4. The minimum absolute atomic E-state index is 0. The van der Waals surface area contributed by atoms with Crippen LogP contribution in [0.25, 0.3) is 0 Å². The van der Waals surface area contributed by atoms with Crippen molar-refractivity contribution in [2.45, 2.75) is 32.7 Å². The third-order valence-electron chi connectivity index (χ3n) is 3.01. The van der Waals surface area contributed by atoms with Gasteiger partial charge in [-0.2, -0.15) is 0 Å². The molecule has 5 nitrogen and oxygen atoms in total. The van der Waals surface area contributed by atoms with Gasteiger partial charge in [0.05, 0.1) is 13.7 Å². The number of ether oxygens (including phenoxy) is 1. The monoisotopic (exact) mass is 453 g/mol. The van der Waals surface area contributed by atoms with Crippen LogP contribution in [0, 0.1) is 0 Å². The van der Waals surface area contributed by atoms with Crippen molar-refractivity contribution < 1.29 is 9.53 Å². The van der Waals surface area contributed by atoms with Gasteiger partial charge in [-0.05, 0) is 37.5 Å². The first-order chi connectivity index (χ1) is 10.7. The van der Waals surface area contributed by atoms with Crippen molar-refractivity contribution in [3.63, 3.8) is 0 Å². The minimum atomic E-state index is -0.164. The maximum Gasteiger partial charge on any atom is 0.305 e. The second-order valence-electron chi connectivity index (χ2n) is 4.78. The van der Waals surface area contributed by atoms with Gasteiger partial charge in [0, 0.05) is 24.5 Å². The number of esters is 1. The number of benzene rings is 1. The number of hydrogen-bond acceptors (Lipinski definition) is 3. The molecule has 0 unspecified atom stereocenters. The molecule has 0 aliphatic rings. The highest BCUT2D eigenvalue weighted by atomic mass is 127. The van der Waals surface area contributed by atoms with E-state index in [9.17, 15) is 4.79 Å². The number of nitrogens with zero attached hydrogens (tertiary/aromatic N) is 1. The molecule has 0 radical (unpaired) electrons. The van der Waals surface area contributed by atoms with Crippen molar-refractivity contribution in [1.29, 1.82) is 0 Å². The lowest BCUT2D eigenvalue weighted by Gasteiger charge is -2.11. The van der Waals surface area contributed by atoms with E-state index in [0.717, 1.165) is 42.5 Å². The van der Waals surface area contributed by atoms with Crippen molar-refractivity contribution in [2.75, 3.05) is 20.2 Å². The summed E-state index contributed by atoms with van der Waals surface area (Å²) in [4.78, 5) is 15.5. The summed E-state index contributed by atoms with van der Waals surface area (Å²) in [5, 5.41) is 7.18. The van der Waals surface area contributed by atoms with Crippen LogP contribution in [0.3, 0.4) is 0 Å². The van der Waals surface area contributed by atoms with Crippen molar-refractivity contribution in [3.05, 3.63) is 34.9 Å². The number of rotatable bonds is 8. The second-order valence-corrected chi connectivity index (χ2v) is 5.22. The van der Waals surface area contributed by atoms with Crippen molar-refractivity contribution in [1.82, 2.24) is 10.6 Å². The molecule has 0 bridgehead atoms. The van der Waals surface area contributed by atoms with Crippen molar-refractivity contribution in [2.24, 2.45) is 4.99 Å². The van der Waals surface area contributed by atoms with Crippen LogP contribution in [-0.4, -0.2) is 32.1 Å². The standard InChI is InChI=1S/C16H24ClN3O2.HI/c1-3-18-16(19-11-5-4-6-15(21)22-2)20-12-13-7-9-14(17)10-8-13;/h7-10H,3-6,11-12H2,1-2H3,(H2,18,19,20);1H. The SMILES string of the molecule is CCNC(=NCc1ccc(Cl)cc1)NCCCCC(=O)OC.I. The molecule has 0 aromatic heterocycles. The first-order valence-electron chi connectivity index (χ1n) is 7.49. The van der Waals surface area contributed by atoms with E-state index in [-0.39, 0.29) is 29.9 Å². The number of nitrogens with one attached hydrogen (secondary N) is 2. The first kappa shape index (κ1) is 22.0. The number of unbranched alkanes of at least 4 members (excludes halogenated alkanes) is 1. The third-order valence-corrected chi connectivity index (χ3v) is 3.26. The number of carbonyl (C=O) groups excluding carboxylic acids is 1. The summed E-state index contributed by atoms with van der Waals surface area (Å²) in [6, 6.07) is 7.65. The molecule has 0 fully saturated rings. The number of halogens is 2. The van der Waals surface area contributed by atoms with Gasteiger partial charge in [0.1, 0.15) is 0 Å². The molecular formula is C16H25ClIN3O2. The highest BCUT2D eigenvalue weighted by molar-refractivity contribution is 14.0. The third kappa shape index (κ3) is 10.4. The molecule has 0 aliphatic heterocycles. The molecule has 1 aromatic carbocycles. The molecule has 0 atom stereocenters. The van der Waals surface area contributed by atoms with E-state index in [1.54, 1.807) is 0 Å². The van der Waals surface area contributed by atoms with Crippen LogP contribution < -0.4 is 10.6 Å². The summed E-state index contributed by atoms with van der Waals surface area (Å²) in [7, 11) is 1.41. The predicted molar refractivity (Wildman–Crippen MR) is 106 cm³/mol. The van der Waals surface area contributed by atoms with Gasteiger partial charge in [0.2, 0.25) is 0 Å². The lowest BCUT2D eigenvalue weighted by Crippen LogP contribution is -2.37. The molecule has 1 aromatic rings. The van der Waals surface area contributed by atoms with Crippen LogP contribution in [0.15, 0.2) is 29.3 Å². The van der Waals surface area contributed by atoms with Crippen LogP contribution in [0.5, 0.6) is 0 Å². The van der Waals surface area contributed by atoms with E-state index in [2.05, 4.69) is 20.4 Å². The van der Waals surface area contributed by atoms with Gasteiger partial charge >= 0.3 is 5.97 Å². The van der Waals surface area contributed by atoms with Gasteiger partial charge < -0.3 is 15.4 Å². The van der Waals surface area contributed by atoms with Crippen LogP contribution in [-0.2, 0) is 16.1 Å². The fourth-order valence-corrected chi connectivity index (χ4v) is 1.93. The molecule has 0 heterocycles. The number of guanidine groups is 1. The Labute approximate surface area is 160 Å². The number of carbonyl (C=O) groups is 1. The number of aliphatic imine (C=N–C) groups is 1. The first-order valence-corrected chi connectivity index (χ1v) is 7.87. The van der Waals surface area contributed by atoms with Crippen molar-refractivity contribution in [3.8, 4) is 0 Å². The van der Waals surface area contributed by atoms with Gasteiger partial charge in [-0.1, -0.05) is 23.7 Å². The average molecular weight is 454 g/mol. The van der Waals surface area contributed by atoms with Gasteiger partial charge in [-0.15, -0.1) is 24.0 Å². The quantitative estimate of drug-likeness (QED) is 0.208. The summed E-state index contributed by atoms with van der Waals surface area (Å²) < 4.78 is 4.61. The molecule has 0 saturated carbocycles. The van der Waals surface area contributed by atoms with Crippen molar-refractivity contribution >= 4 is 47.5 Å². The molecule has 130 valence electrons. The fraction of sp³-hybridized carbons (Fsp3) is 0.500. The molecule has 7 heteroatoms. The highest BCUT2D eigenvalue weighted by Gasteiger charge is 2.01. The predicted octanol–water partition coefficient (Wildman–Crippen LogP) is 3.36. The largest absolute Gasteiger partial charge is 0.469 e. The summed E-state index contributed by atoms with van der Waals surface area (Å²) in [6.07, 6.45) is 2.15.